The van der Waals surface area contributed by atoms with Crippen LogP contribution in [0.2, 0.25) is 0 Å². The van der Waals surface area contributed by atoms with Crippen molar-refractivity contribution in [3.8, 4) is 0 Å². The third kappa shape index (κ3) is 3.61. The van der Waals surface area contributed by atoms with Crippen molar-refractivity contribution >= 4 is 18.3 Å². The van der Waals surface area contributed by atoms with Crippen molar-refractivity contribution in [1.82, 2.24) is 10.2 Å². The molecule has 0 aromatic heterocycles. The smallest absolute Gasteiger partial charge is 0.242 e. The van der Waals surface area contributed by atoms with Crippen LogP contribution < -0.4 is 5.32 Å². The first-order chi connectivity index (χ1) is 8.72. The van der Waals surface area contributed by atoms with E-state index in [4.69, 9.17) is 4.74 Å². The van der Waals surface area contributed by atoms with Gasteiger partial charge in [0.05, 0.1) is 5.54 Å². The molecule has 0 spiro atoms. The minimum Gasteiger partial charge on any atom is -0.384 e. The lowest BCUT2D eigenvalue weighted by atomic mass is 9.90. The van der Waals surface area contributed by atoms with E-state index in [0.29, 0.717) is 11.8 Å². The first-order valence-corrected chi connectivity index (χ1v) is 7.25. The SMILES string of the molecule is CCC1(C(=O)N2CCC(COC)CC2)CCCN1.Cl. The van der Waals surface area contributed by atoms with E-state index in [2.05, 4.69) is 17.1 Å². The standard InChI is InChI=1S/C14H26N2O2.ClH/c1-3-14(7-4-8-15-14)13(17)16-9-5-12(6-10-16)11-18-2;/h12,15H,3-11H2,1-2H3;1H. The van der Waals surface area contributed by atoms with Crippen molar-refractivity contribution < 1.29 is 9.53 Å². The van der Waals surface area contributed by atoms with Gasteiger partial charge in [0.2, 0.25) is 5.91 Å². The summed E-state index contributed by atoms with van der Waals surface area (Å²) in [6, 6.07) is 0. The van der Waals surface area contributed by atoms with Gasteiger partial charge in [-0.3, -0.25) is 4.79 Å². The highest BCUT2D eigenvalue weighted by molar-refractivity contribution is 5.86. The third-order valence-corrected chi connectivity index (χ3v) is 4.56. The lowest BCUT2D eigenvalue weighted by Gasteiger charge is -2.38. The van der Waals surface area contributed by atoms with Gasteiger partial charge in [-0.25, -0.2) is 0 Å². The monoisotopic (exact) mass is 290 g/mol. The average molecular weight is 291 g/mol. The highest BCUT2D eigenvalue weighted by Crippen LogP contribution is 2.28. The molecule has 2 fully saturated rings. The van der Waals surface area contributed by atoms with Crippen LogP contribution in [0, 0.1) is 5.92 Å². The van der Waals surface area contributed by atoms with Crippen molar-refractivity contribution in [1.29, 1.82) is 0 Å². The number of hydrogen-bond donors (Lipinski definition) is 1. The van der Waals surface area contributed by atoms with Crippen molar-refractivity contribution in [3.63, 3.8) is 0 Å². The Kier molecular flexibility index (Phi) is 6.57. The molecule has 2 saturated heterocycles. The summed E-state index contributed by atoms with van der Waals surface area (Å²) in [4.78, 5) is 14.7. The van der Waals surface area contributed by atoms with Gasteiger partial charge in [-0.15, -0.1) is 12.4 Å². The van der Waals surface area contributed by atoms with Crippen LogP contribution >= 0.6 is 12.4 Å². The van der Waals surface area contributed by atoms with Crippen LogP contribution in [0.3, 0.4) is 0 Å². The molecule has 2 aliphatic heterocycles. The Hall–Kier alpha value is -0.320. The van der Waals surface area contributed by atoms with Gasteiger partial charge in [0.15, 0.2) is 0 Å². The molecular weight excluding hydrogens is 264 g/mol. The van der Waals surface area contributed by atoms with E-state index in [0.717, 1.165) is 58.3 Å². The summed E-state index contributed by atoms with van der Waals surface area (Å²) in [5, 5.41) is 3.44. The predicted octanol–water partition coefficient (Wildman–Crippen LogP) is 1.83. The molecule has 0 aliphatic carbocycles. The summed E-state index contributed by atoms with van der Waals surface area (Å²) in [6.07, 6.45) is 5.20. The Labute approximate surface area is 122 Å². The van der Waals surface area contributed by atoms with Crippen molar-refractivity contribution in [2.45, 2.75) is 44.6 Å². The van der Waals surface area contributed by atoms with E-state index in [9.17, 15) is 4.79 Å². The summed E-state index contributed by atoms with van der Waals surface area (Å²) >= 11 is 0. The van der Waals surface area contributed by atoms with Crippen LogP contribution in [0.4, 0.5) is 0 Å². The molecule has 0 radical (unpaired) electrons. The van der Waals surface area contributed by atoms with Crippen LogP contribution in [-0.2, 0) is 9.53 Å². The van der Waals surface area contributed by atoms with Crippen LogP contribution in [0.1, 0.15) is 39.0 Å². The quantitative estimate of drug-likeness (QED) is 0.859. The van der Waals surface area contributed by atoms with E-state index >= 15 is 0 Å². The Balaban J connectivity index is 0.00000180. The molecule has 0 aromatic carbocycles. The number of piperidine rings is 1. The zero-order valence-corrected chi connectivity index (χ0v) is 12.9. The predicted molar refractivity (Wildman–Crippen MR) is 78.7 cm³/mol. The van der Waals surface area contributed by atoms with E-state index < -0.39 is 0 Å². The first-order valence-electron chi connectivity index (χ1n) is 7.25. The van der Waals surface area contributed by atoms with Gasteiger partial charge in [0.1, 0.15) is 0 Å². The largest absolute Gasteiger partial charge is 0.384 e. The number of carbonyl (C=O) groups excluding carboxylic acids is 1. The van der Waals surface area contributed by atoms with E-state index in [-0.39, 0.29) is 17.9 Å². The number of carbonyl (C=O) groups is 1. The molecule has 4 nitrogen and oxygen atoms in total. The molecular formula is C14H27ClN2O2. The Bertz CT molecular complexity index is 285. The van der Waals surface area contributed by atoms with Gasteiger partial charge in [-0.2, -0.15) is 0 Å². The fourth-order valence-electron chi connectivity index (χ4n) is 3.28. The Morgan fingerprint density at radius 1 is 1.42 bits per heavy atom. The summed E-state index contributed by atoms with van der Waals surface area (Å²) in [6.45, 7) is 5.74. The molecule has 2 heterocycles. The lowest BCUT2D eigenvalue weighted by molar-refractivity contribution is -0.139. The van der Waals surface area contributed by atoms with E-state index in [1.807, 2.05) is 0 Å². The Morgan fingerprint density at radius 2 is 2.11 bits per heavy atom. The number of likely N-dealkylation sites (tertiary alicyclic amines) is 1. The second-order valence-electron chi connectivity index (χ2n) is 5.66. The first kappa shape index (κ1) is 16.7. The van der Waals surface area contributed by atoms with Gasteiger partial charge >= 0.3 is 0 Å². The fourth-order valence-corrected chi connectivity index (χ4v) is 3.28. The maximum absolute atomic E-state index is 12.7. The summed E-state index contributed by atoms with van der Waals surface area (Å²) in [7, 11) is 1.76. The topological polar surface area (TPSA) is 41.6 Å². The van der Waals surface area contributed by atoms with E-state index in [1.54, 1.807) is 7.11 Å². The molecule has 1 atom stereocenters. The fraction of sp³-hybridized carbons (Fsp3) is 0.929. The average Bonchev–Trinajstić information content (AvgIpc) is 2.89. The van der Waals surface area contributed by atoms with Crippen molar-refractivity contribution in [3.05, 3.63) is 0 Å². The van der Waals surface area contributed by atoms with Crippen LogP contribution in [0.15, 0.2) is 0 Å². The number of nitrogens with zero attached hydrogens (tertiary/aromatic N) is 1. The molecule has 19 heavy (non-hydrogen) atoms. The molecule has 0 saturated carbocycles. The number of halogens is 1. The highest BCUT2D eigenvalue weighted by Gasteiger charge is 2.42. The molecule has 1 unspecified atom stereocenters. The van der Waals surface area contributed by atoms with Gasteiger partial charge < -0.3 is 15.0 Å². The molecule has 5 heteroatoms. The molecule has 0 aromatic rings. The van der Waals surface area contributed by atoms with Crippen LogP contribution in [0.25, 0.3) is 0 Å². The highest BCUT2D eigenvalue weighted by atomic mass is 35.5. The summed E-state index contributed by atoms with van der Waals surface area (Å²) in [5.74, 6) is 0.964. The van der Waals surface area contributed by atoms with Crippen molar-refractivity contribution in [2.24, 2.45) is 5.92 Å². The maximum atomic E-state index is 12.7. The molecule has 1 amide bonds. The molecule has 0 bridgehead atoms. The molecule has 1 N–H and O–H groups in total. The normalized spacial score (nSPS) is 28.2. The van der Waals surface area contributed by atoms with Crippen LogP contribution in [-0.4, -0.2) is 49.7 Å². The zero-order chi connectivity index (χ0) is 13.0. The molecule has 2 rings (SSSR count). The number of nitrogens with one attached hydrogen (secondary N) is 1. The minimum atomic E-state index is -0.256. The number of amides is 1. The number of ether oxygens (including phenoxy) is 1. The second-order valence-corrected chi connectivity index (χ2v) is 5.66. The number of methoxy groups -OCH3 is 1. The number of hydrogen-bond acceptors (Lipinski definition) is 3. The van der Waals surface area contributed by atoms with Gasteiger partial charge in [-0.1, -0.05) is 6.92 Å². The van der Waals surface area contributed by atoms with Gasteiger partial charge in [0, 0.05) is 26.8 Å². The lowest BCUT2D eigenvalue weighted by Crippen LogP contribution is -2.56. The third-order valence-electron chi connectivity index (χ3n) is 4.56. The maximum Gasteiger partial charge on any atom is 0.242 e. The summed E-state index contributed by atoms with van der Waals surface area (Å²) < 4.78 is 5.20. The van der Waals surface area contributed by atoms with Gasteiger partial charge in [-0.05, 0) is 44.6 Å². The van der Waals surface area contributed by atoms with Crippen LogP contribution in [0.5, 0.6) is 0 Å². The molecule has 112 valence electrons. The molecule has 2 aliphatic rings. The minimum absolute atomic E-state index is 0. The second kappa shape index (κ2) is 7.46. The van der Waals surface area contributed by atoms with Gasteiger partial charge in [0.25, 0.3) is 0 Å². The summed E-state index contributed by atoms with van der Waals surface area (Å²) in [5.41, 5.74) is -0.256. The Morgan fingerprint density at radius 3 is 2.58 bits per heavy atom. The van der Waals surface area contributed by atoms with E-state index in [1.165, 1.54) is 0 Å². The number of rotatable bonds is 4. The zero-order valence-electron chi connectivity index (χ0n) is 12.1. The van der Waals surface area contributed by atoms with Crippen molar-refractivity contribution in [2.75, 3.05) is 33.4 Å².